The van der Waals surface area contributed by atoms with Gasteiger partial charge in [0.15, 0.2) is 6.61 Å². The summed E-state index contributed by atoms with van der Waals surface area (Å²) in [5.41, 5.74) is 0. The van der Waals surface area contributed by atoms with Crippen molar-refractivity contribution in [3.8, 4) is 24.4 Å². The van der Waals surface area contributed by atoms with Crippen LogP contribution in [-0.2, 0) is 0 Å². The monoisotopic (exact) mass is 208 g/mol. The summed E-state index contributed by atoms with van der Waals surface area (Å²) >= 11 is 0. The first-order valence-electron chi connectivity index (χ1n) is 4.43. The van der Waals surface area contributed by atoms with Crippen LogP contribution >= 0.6 is 0 Å². The van der Waals surface area contributed by atoms with E-state index in [2.05, 4.69) is 26.2 Å². The van der Waals surface area contributed by atoms with E-state index in [4.69, 9.17) is 15.9 Å². The summed E-state index contributed by atoms with van der Waals surface area (Å²) in [6.45, 7) is 2.42. The molecule has 0 spiro atoms. The SMILES string of the molecule is C#CCOc1nc(NC)nc(OCC)n1. The van der Waals surface area contributed by atoms with Crippen LogP contribution in [0.4, 0.5) is 5.95 Å². The number of terminal acetylenes is 1. The second kappa shape index (κ2) is 5.65. The Morgan fingerprint density at radius 3 is 2.47 bits per heavy atom. The Labute approximate surface area is 88.1 Å². The predicted molar refractivity (Wildman–Crippen MR) is 54.9 cm³/mol. The van der Waals surface area contributed by atoms with E-state index in [1.54, 1.807) is 7.05 Å². The highest BCUT2D eigenvalue weighted by Gasteiger charge is 2.06. The maximum atomic E-state index is 5.14. The minimum Gasteiger partial charge on any atom is -0.464 e. The molecular formula is C9H12N4O2. The molecule has 1 aromatic heterocycles. The van der Waals surface area contributed by atoms with Gasteiger partial charge in [-0.15, -0.1) is 11.4 Å². The third-order valence-electron chi connectivity index (χ3n) is 1.38. The molecule has 0 amide bonds. The van der Waals surface area contributed by atoms with Gasteiger partial charge >= 0.3 is 12.0 Å². The number of hydrogen-bond donors (Lipinski definition) is 1. The molecule has 0 aliphatic rings. The van der Waals surface area contributed by atoms with Crippen molar-refractivity contribution in [2.45, 2.75) is 6.92 Å². The average molecular weight is 208 g/mol. The van der Waals surface area contributed by atoms with Gasteiger partial charge in [-0.3, -0.25) is 0 Å². The van der Waals surface area contributed by atoms with Crippen LogP contribution in [0.1, 0.15) is 6.92 Å². The van der Waals surface area contributed by atoms with Crippen LogP contribution in [0.15, 0.2) is 0 Å². The van der Waals surface area contributed by atoms with Crippen LogP contribution in [-0.4, -0.2) is 35.2 Å². The normalized spacial score (nSPS) is 9.13. The molecule has 80 valence electrons. The molecule has 0 atom stereocenters. The van der Waals surface area contributed by atoms with E-state index in [0.717, 1.165) is 0 Å². The molecule has 0 saturated heterocycles. The molecule has 6 nitrogen and oxygen atoms in total. The molecule has 0 bridgehead atoms. The third kappa shape index (κ3) is 3.31. The minimum absolute atomic E-state index is 0.110. The second-order valence-electron chi connectivity index (χ2n) is 2.40. The number of ether oxygens (including phenoxy) is 2. The zero-order chi connectivity index (χ0) is 11.1. The van der Waals surface area contributed by atoms with E-state index in [9.17, 15) is 0 Å². The maximum absolute atomic E-state index is 5.14. The summed E-state index contributed by atoms with van der Waals surface area (Å²) in [6.07, 6.45) is 5.05. The number of aromatic nitrogens is 3. The Hall–Kier alpha value is -2.03. The molecule has 0 fully saturated rings. The lowest BCUT2D eigenvalue weighted by Crippen LogP contribution is -2.07. The Balaban J connectivity index is 2.85. The average Bonchev–Trinajstić information content (AvgIpc) is 2.26. The van der Waals surface area contributed by atoms with Gasteiger partial charge in [0.1, 0.15) is 0 Å². The Bertz CT molecular complexity index is 362. The van der Waals surface area contributed by atoms with Crippen LogP contribution in [0.25, 0.3) is 0 Å². The molecule has 1 rings (SSSR count). The lowest BCUT2D eigenvalue weighted by Gasteiger charge is -2.05. The lowest BCUT2D eigenvalue weighted by molar-refractivity contribution is 0.290. The van der Waals surface area contributed by atoms with Crippen molar-refractivity contribution in [1.29, 1.82) is 0 Å². The van der Waals surface area contributed by atoms with Crippen LogP contribution in [0, 0.1) is 12.3 Å². The van der Waals surface area contributed by atoms with Gasteiger partial charge in [0.05, 0.1) is 6.61 Å². The first kappa shape index (κ1) is 11.0. The zero-order valence-corrected chi connectivity index (χ0v) is 8.65. The van der Waals surface area contributed by atoms with Crippen molar-refractivity contribution in [2.75, 3.05) is 25.6 Å². The Morgan fingerprint density at radius 2 is 1.93 bits per heavy atom. The largest absolute Gasteiger partial charge is 0.464 e. The highest BCUT2D eigenvalue weighted by molar-refractivity contribution is 5.26. The molecule has 1 N–H and O–H groups in total. The Morgan fingerprint density at radius 1 is 1.27 bits per heavy atom. The smallest absolute Gasteiger partial charge is 0.325 e. The number of rotatable bonds is 5. The summed E-state index contributed by atoms with van der Waals surface area (Å²) < 4.78 is 10.2. The fourth-order valence-corrected chi connectivity index (χ4v) is 0.814. The van der Waals surface area contributed by atoms with Crippen molar-refractivity contribution in [3.63, 3.8) is 0 Å². The summed E-state index contributed by atoms with van der Waals surface area (Å²) in [6, 6.07) is 0.361. The summed E-state index contributed by atoms with van der Waals surface area (Å²) in [5.74, 6) is 2.70. The van der Waals surface area contributed by atoms with Gasteiger partial charge in [0.25, 0.3) is 0 Å². The first-order chi connectivity index (χ1) is 7.30. The topological polar surface area (TPSA) is 69.2 Å². The van der Waals surface area contributed by atoms with Crippen molar-refractivity contribution in [3.05, 3.63) is 0 Å². The van der Waals surface area contributed by atoms with E-state index in [1.165, 1.54) is 0 Å². The molecule has 0 aliphatic carbocycles. The van der Waals surface area contributed by atoms with Gasteiger partial charge in [0, 0.05) is 7.05 Å². The van der Waals surface area contributed by atoms with E-state index >= 15 is 0 Å². The molecular weight excluding hydrogens is 196 g/mol. The lowest BCUT2D eigenvalue weighted by atomic mass is 10.7. The van der Waals surface area contributed by atoms with E-state index in [1.807, 2.05) is 6.92 Å². The fourth-order valence-electron chi connectivity index (χ4n) is 0.814. The van der Waals surface area contributed by atoms with Gasteiger partial charge in [-0.05, 0) is 6.92 Å². The van der Waals surface area contributed by atoms with Crippen molar-refractivity contribution in [2.24, 2.45) is 0 Å². The second-order valence-corrected chi connectivity index (χ2v) is 2.40. The summed E-state index contributed by atoms with van der Waals surface area (Å²) in [7, 11) is 1.69. The zero-order valence-electron chi connectivity index (χ0n) is 8.65. The highest BCUT2D eigenvalue weighted by atomic mass is 16.5. The summed E-state index contributed by atoms with van der Waals surface area (Å²) in [5, 5.41) is 2.77. The molecule has 0 aliphatic heterocycles. The fraction of sp³-hybridized carbons (Fsp3) is 0.444. The molecule has 0 saturated carbocycles. The van der Waals surface area contributed by atoms with Crippen molar-refractivity contribution in [1.82, 2.24) is 15.0 Å². The van der Waals surface area contributed by atoms with Crippen LogP contribution in [0.3, 0.4) is 0 Å². The first-order valence-corrected chi connectivity index (χ1v) is 4.43. The molecule has 0 unspecified atom stereocenters. The number of anilines is 1. The van der Waals surface area contributed by atoms with Gasteiger partial charge in [-0.1, -0.05) is 5.92 Å². The van der Waals surface area contributed by atoms with Gasteiger partial charge in [-0.2, -0.15) is 9.97 Å². The van der Waals surface area contributed by atoms with Crippen molar-refractivity contribution >= 4 is 5.95 Å². The molecule has 1 heterocycles. The van der Waals surface area contributed by atoms with Crippen molar-refractivity contribution < 1.29 is 9.47 Å². The van der Waals surface area contributed by atoms with Gasteiger partial charge in [0.2, 0.25) is 5.95 Å². The van der Waals surface area contributed by atoms with Crippen LogP contribution < -0.4 is 14.8 Å². The molecule has 15 heavy (non-hydrogen) atoms. The summed E-state index contributed by atoms with van der Waals surface area (Å²) in [4.78, 5) is 11.8. The third-order valence-corrected chi connectivity index (χ3v) is 1.38. The van der Waals surface area contributed by atoms with E-state index in [-0.39, 0.29) is 18.6 Å². The predicted octanol–water partition coefficient (Wildman–Crippen LogP) is 0.324. The van der Waals surface area contributed by atoms with E-state index < -0.39 is 0 Å². The standard InChI is InChI=1S/C9H12N4O2/c1-4-6-15-9-12-7(10-3)11-8(13-9)14-5-2/h1H,5-6H2,2-3H3,(H,10,11,12,13). The molecule has 6 heteroatoms. The number of nitrogens with zero attached hydrogens (tertiary/aromatic N) is 3. The molecule has 0 aromatic carbocycles. The maximum Gasteiger partial charge on any atom is 0.325 e. The highest BCUT2D eigenvalue weighted by Crippen LogP contribution is 2.12. The molecule has 0 radical (unpaired) electrons. The van der Waals surface area contributed by atoms with Crippen LogP contribution in [0.5, 0.6) is 12.0 Å². The van der Waals surface area contributed by atoms with Crippen LogP contribution in [0.2, 0.25) is 0 Å². The van der Waals surface area contributed by atoms with Gasteiger partial charge < -0.3 is 14.8 Å². The number of nitrogens with one attached hydrogen (secondary N) is 1. The molecule has 1 aromatic rings. The quantitative estimate of drug-likeness (QED) is 0.703. The number of hydrogen-bond acceptors (Lipinski definition) is 6. The van der Waals surface area contributed by atoms with E-state index in [0.29, 0.717) is 12.6 Å². The van der Waals surface area contributed by atoms with Gasteiger partial charge in [-0.25, -0.2) is 0 Å². The Kier molecular flexibility index (Phi) is 4.16. The minimum atomic E-state index is 0.110.